The number of hydrogen-bond donors (Lipinski definition) is 0. The summed E-state index contributed by atoms with van der Waals surface area (Å²) in [5, 5.41) is 0. The molecule has 2 aromatic carbocycles. The van der Waals surface area contributed by atoms with Crippen LogP contribution in [-0.2, 0) is 12.8 Å². The summed E-state index contributed by atoms with van der Waals surface area (Å²) < 4.78 is 0. The molecule has 1 aliphatic heterocycles. The van der Waals surface area contributed by atoms with E-state index in [4.69, 9.17) is 0 Å². The zero-order valence-electron chi connectivity index (χ0n) is 18.2. The molecule has 0 saturated carbocycles. The van der Waals surface area contributed by atoms with Crippen LogP contribution in [0.25, 0.3) is 0 Å². The van der Waals surface area contributed by atoms with Gasteiger partial charge in [-0.05, 0) is 56.8 Å². The molecule has 0 aromatic heterocycles. The molecule has 0 radical (unpaired) electrons. The van der Waals surface area contributed by atoms with E-state index in [1.54, 1.807) is 0 Å². The molecule has 1 saturated heterocycles. The Morgan fingerprint density at radius 1 is 0.741 bits per heavy atom. The van der Waals surface area contributed by atoms with Crippen molar-refractivity contribution in [3.05, 3.63) is 71.8 Å². The van der Waals surface area contributed by atoms with Gasteiger partial charge >= 0.3 is 0 Å². The normalized spacial score (nSPS) is 16.1. The van der Waals surface area contributed by atoms with Crippen molar-refractivity contribution in [2.75, 3.05) is 13.6 Å². The number of rotatable bonds is 6. The molecule has 150 valence electrons. The van der Waals surface area contributed by atoms with Crippen LogP contribution in [0.1, 0.15) is 70.4 Å². The summed E-state index contributed by atoms with van der Waals surface area (Å²) in [7, 11) is 2.24. The van der Waals surface area contributed by atoms with Gasteiger partial charge in [0.05, 0.1) is 0 Å². The second-order valence-corrected chi connectivity index (χ2v) is 7.54. The Morgan fingerprint density at radius 2 is 1.22 bits per heavy atom. The third-order valence-corrected chi connectivity index (χ3v) is 5.06. The van der Waals surface area contributed by atoms with Gasteiger partial charge < -0.3 is 4.90 Å². The van der Waals surface area contributed by atoms with Gasteiger partial charge in [-0.25, -0.2) is 0 Å². The van der Waals surface area contributed by atoms with Crippen molar-refractivity contribution >= 4 is 0 Å². The van der Waals surface area contributed by atoms with E-state index < -0.39 is 0 Å². The fourth-order valence-electron chi connectivity index (χ4n) is 3.54. The first-order chi connectivity index (χ1) is 13.2. The molecule has 2 aromatic rings. The highest BCUT2D eigenvalue weighted by molar-refractivity contribution is 5.15. The summed E-state index contributed by atoms with van der Waals surface area (Å²) in [5.74, 6) is 0. The average Bonchev–Trinajstić information content (AvgIpc) is 3.10. The molecule has 1 unspecified atom stereocenters. The number of aryl methyl sites for hydroxylation is 2. The van der Waals surface area contributed by atoms with Gasteiger partial charge in [0.2, 0.25) is 0 Å². The van der Waals surface area contributed by atoms with E-state index >= 15 is 0 Å². The summed E-state index contributed by atoms with van der Waals surface area (Å²) in [6.07, 6.45) is 10.5. The second kappa shape index (κ2) is 15.5. The van der Waals surface area contributed by atoms with Gasteiger partial charge in [-0.15, -0.1) is 0 Å². The maximum absolute atomic E-state index is 2.49. The molecule has 0 amide bonds. The minimum Gasteiger partial charge on any atom is -0.303 e. The van der Waals surface area contributed by atoms with Crippen LogP contribution in [-0.4, -0.2) is 24.5 Å². The van der Waals surface area contributed by atoms with Crippen molar-refractivity contribution in [1.29, 1.82) is 0 Å². The van der Waals surface area contributed by atoms with Crippen LogP contribution in [0.4, 0.5) is 0 Å². The lowest BCUT2D eigenvalue weighted by atomic mass is 10.1. The molecule has 1 heteroatoms. The Balaban J connectivity index is 0.000000202. The number of hydrogen-bond acceptors (Lipinski definition) is 1. The monoisotopic (exact) mass is 367 g/mol. The molecule has 1 heterocycles. The Bertz CT molecular complexity index is 507. The number of benzene rings is 2. The zero-order chi connectivity index (χ0) is 19.7. The van der Waals surface area contributed by atoms with E-state index in [9.17, 15) is 0 Å². The van der Waals surface area contributed by atoms with Gasteiger partial charge in [0.1, 0.15) is 0 Å². The molecule has 1 atom stereocenters. The van der Waals surface area contributed by atoms with Crippen molar-refractivity contribution in [1.82, 2.24) is 4.90 Å². The third-order valence-electron chi connectivity index (χ3n) is 5.06. The SMILES string of the molecule is CCCC1CCCN1C.CCCc1ccccc1.CCCc1ccccc1. The van der Waals surface area contributed by atoms with E-state index in [-0.39, 0.29) is 0 Å². The molecule has 1 nitrogen and oxygen atoms in total. The highest BCUT2D eigenvalue weighted by Crippen LogP contribution is 2.18. The van der Waals surface area contributed by atoms with Crippen LogP contribution in [0.2, 0.25) is 0 Å². The van der Waals surface area contributed by atoms with Crippen LogP contribution in [0, 0.1) is 0 Å². The maximum Gasteiger partial charge on any atom is 0.00925 e. The highest BCUT2D eigenvalue weighted by Gasteiger charge is 2.18. The predicted octanol–water partition coefficient (Wildman–Crippen LogP) is 7.16. The summed E-state index contributed by atoms with van der Waals surface area (Å²) in [6.45, 7) is 8.00. The lowest BCUT2D eigenvalue weighted by molar-refractivity contribution is 0.295. The van der Waals surface area contributed by atoms with E-state index in [1.165, 1.54) is 69.0 Å². The first-order valence-electron chi connectivity index (χ1n) is 11.0. The van der Waals surface area contributed by atoms with Crippen molar-refractivity contribution in [2.24, 2.45) is 0 Å². The molecule has 27 heavy (non-hydrogen) atoms. The van der Waals surface area contributed by atoms with Gasteiger partial charge in [-0.2, -0.15) is 0 Å². The summed E-state index contributed by atoms with van der Waals surface area (Å²) in [6, 6.07) is 22.1. The van der Waals surface area contributed by atoms with Crippen molar-refractivity contribution < 1.29 is 0 Å². The van der Waals surface area contributed by atoms with Crippen LogP contribution in [0.15, 0.2) is 60.7 Å². The van der Waals surface area contributed by atoms with Gasteiger partial charge in [0.15, 0.2) is 0 Å². The minimum atomic E-state index is 0.912. The van der Waals surface area contributed by atoms with E-state index in [0.717, 1.165) is 6.04 Å². The van der Waals surface area contributed by atoms with Crippen LogP contribution in [0.3, 0.4) is 0 Å². The number of nitrogens with zero attached hydrogens (tertiary/aromatic N) is 1. The molecule has 0 aliphatic carbocycles. The van der Waals surface area contributed by atoms with Gasteiger partial charge in [-0.1, -0.05) is 101 Å². The maximum atomic E-state index is 2.49. The van der Waals surface area contributed by atoms with E-state index in [1.807, 2.05) is 0 Å². The predicted molar refractivity (Wildman–Crippen MR) is 121 cm³/mol. The van der Waals surface area contributed by atoms with Crippen LogP contribution in [0.5, 0.6) is 0 Å². The topological polar surface area (TPSA) is 3.24 Å². The van der Waals surface area contributed by atoms with Gasteiger partial charge in [-0.3, -0.25) is 0 Å². The zero-order valence-corrected chi connectivity index (χ0v) is 18.2. The fraction of sp³-hybridized carbons (Fsp3) is 0.538. The third kappa shape index (κ3) is 11.0. The van der Waals surface area contributed by atoms with E-state index in [2.05, 4.69) is 93.4 Å². The molecule has 1 fully saturated rings. The van der Waals surface area contributed by atoms with E-state index in [0.29, 0.717) is 0 Å². The van der Waals surface area contributed by atoms with Gasteiger partial charge in [0.25, 0.3) is 0 Å². The van der Waals surface area contributed by atoms with Gasteiger partial charge in [0, 0.05) is 6.04 Å². The van der Waals surface area contributed by atoms with Crippen LogP contribution >= 0.6 is 0 Å². The largest absolute Gasteiger partial charge is 0.303 e. The highest BCUT2D eigenvalue weighted by atomic mass is 15.1. The minimum absolute atomic E-state index is 0.912. The smallest absolute Gasteiger partial charge is 0.00925 e. The molecule has 0 bridgehead atoms. The standard InChI is InChI=1S/2C9H12.C8H17N/c2*1-2-6-9-7-4-3-5-8-9;1-3-5-8-6-4-7-9(8)2/h2*3-5,7-8H,2,6H2,1H3;8H,3-7H2,1-2H3. The van der Waals surface area contributed by atoms with Crippen molar-refractivity contribution in [2.45, 2.75) is 78.2 Å². The summed E-state index contributed by atoms with van der Waals surface area (Å²) in [4.78, 5) is 2.49. The molecule has 3 rings (SSSR count). The molecular formula is C26H41N. The number of likely N-dealkylation sites (tertiary alicyclic amines) is 1. The lowest BCUT2D eigenvalue weighted by Crippen LogP contribution is -2.24. The Hall–Kier alpha value is -1.60. The van der Waals surface area contributed by atoms with Crippen molar-refractivity contribution in [3.8, 4) is 0 Å². The summed E-state index contributed by atoms with van der Waals surface area (Å²) >= 11 is 0. The molecular weight excluding hydrogens is 326 g/mol. The molecule has 0 spiro atoms. The quantitative estimate of drug-likeness (QED) is 0.523. The summed E-state index contributed by atoms with van der Waals surface area (Å²) in [5.41, 5.74) is 2.89. The Labute approximate surface area is 168 Å². The fourth-order valence-corrected chi connectivity index (χ4v) is 3.54. The van der Waals surface area contributed by atoms with Crippen LogP contribution < -0.4 is 0 Å². The second-order valence-electron chi connectivity index (χ2n) is 7.54. The molecule has 1 aliphatic rings. The Morgan fingerprint density at radius 3 is 1.56 bits per heavy atom. The average molecular weight is 368 g/mol. The first kappa shape index (κ1) is 23.4. The van der Waals surface area contributed by atoms with Crippen molar-refractivity contribution in [3.63, 3.8) is 0 Å². The molecule has 0 N–H and O–H groups in total. The Kier molecular flexibility index (Phi) is 13.4. The lowest BCUT2D eigenvalue weighted by Gasteiger charge is -2.17. The first-order valence-corrected chi connectivity index (χ1v) is 11.0.